The Kier molecular flexibility index (Phi) is 4.52. The molecule has 0 radical (unpaired) electrons. The molecule has 1 aliphatic rings. The zero-order valence-electron chi connectivity index (χ0n) is 10.7. The fourth-order valence-corrected chi connectivity index (χ4v) is 2.52. The third kappa shape index (κ3) is 3.12. The number of carbonyl (C=O) groups is 2. The molecule has 1 saturated heterocycles. The van der Waals surface area contributed by atoms with Crippen LogP contribution in [0.15, 0.2) is 22.9 Å². The van der Waals surface area contributed by atoms with Gasteiger partial charge in [-0.05, 0) is 47.3 Å². The molecule has 1 N–H and O–H groups in total. The van der Waals surface area contributed by atoms with Gasteiger partial charge < -0.3 is 10.2 Å². The fraction of sp³-hybridized carbons (Fsp3) is 0.462. The van der Waals surface area contributed by atoms with E-state index in [1.54, 1.807) is 24.1 Å². The molecular formula is C13H16BrN3O2. The Morgan fingerprint density at radius 2 is 2.21 bits per heavy atom. The molecule has 19 heavy (non-hydrogen) atoms. The average Bonchev–Trinajstić information content (AvgIpc) is 2.46. The van der Waals surface area contributed by atoms with Crippen LogP contribution in [0.1, 0.15) is 29.6 Å². The number of pyridine rings is 1. The molecule has 1 aliphatic heterocycles. The molecule has 1 aromatic rings. The molecule has 0 spiro atoms. The number of hydrogen-bond donors (Lipinski definition) is 1. The van der Waals surface area contributed by atoms with E-state index in [4.69, 9.17) is 0 Å². The largest absolute Gasteiger partial charge is 0.357 e. The van der Waals surface area contributed by atoms with E-state index in [0.29, 0.717) is 16.7 Å². The van der Waals surface area contributed by atoms with Gasteiger partial charge in [0.2, 0.25) is 5.91 Å². The SMILES string of the molecule is CNC(=O)C1CCCCN1C(=O)c1ccc(Br)nc1. The first kappa shape index (κ1) is 14.0. The molecule has 1 unspecified atom stereocenters. The number of piperidine rings is 1. The van der Waals surface area contributed by atoms with E-state index in [1.807, 2.05) is 0 Å². The van der Waals surface area contributed by atoms with Gasteiger partial charge in [0, 0.05) is 19.8 Å². The van der Waals surface area contributed by atoms with E-state index < -0.39 is 0 Å². The Balaban J connectivity index is 2.20. The summed E-state index contributed by atoms with van der Waals surface area (Å²) in [6, 6.07) is 3.08. The number of likely N-dealkylation sites (N-methyl/N-ethyl adjacent to an activating group) is 1. The Morgan fingerprint density at radius 1 is 1.42 bits per heavy atom. The lowest BCUT2D eigenvalue weighted by Gasteiger charge is -2.34. The van der Waals surface area contributed by atoms with Crippen molar-refractivity contribution < 1.29 is 9.59 Å². The number of nitrogens with zero attached hydrogens (tertiary/aromatic N) is 2. The van der Waals surface area contributed by atoms with Crippen molar-refractivity contribution in [3.05, 3.63) is 28.5 Å². The van der Waals surface area contributed by atoms with E-state index >= 15 is 0 Å². The minimum absolute atomic E-state index is 0.0990. The normalized spacial score (nSPS) is 19.1. The topological polar surface area (TPSA) is 62.3 Å². The van der Waals surface area contributed by atoms with Crippen molar-refractivity contribution in [3.8, 4) is 0 Å². The van der Waals surface area contributed by atoms with Crippen LogP contribution in [0.4, 0.5) is 0 Å². The number of aromatic nitrogens is 1. The standard InChI is InChI=1S/C13H16BrN3O2/c1-15-12(18)10-4-2-3-7-17(10)13(19)9-5-6-11(14)16-8-9/h5-6,8,10H,2-4,7H2,1H3,(H,15,18). The molecular weight excluding hydrogens is 310 g/mol. The Morgan fingerprint density at radius 3 is 2.84 bits per heavy atom. The van der Waals surface area contributed by atoms with Crippen molar-refractivity contribution in [3.63, 3.8) is 0 Å². The lowest BCUT2D eigenvalue weighted by molar-refractivity contribution is -0.126. The lowest BCUT2D eigenvalue weighted by Crippen LogP contribution is -2.51. The summed E-state index contributed by atoms with van der Waals surface area (Å²) < 4.78 is 0.686. The second kappa shape index (κ2) is 6.14. The zero-order valence-corrected chi connectivity index (χ0v) is 12.3. The highest BCUT2D eigenvalue weighted by Gasteiger charge is 2.32. The van der Waals surface area contributed by atoms with Gasteiger partial charge in [-0.2, -0.15) is 0 Å². The molecule has 1 fully saturated rings. The number of amides is 2. The number of likely N-dealkylation sites (tertiary alicyclic amines) is 1. The minimum Gasteiger partial charge on any atom is -0.357 e. The summed E-state index contributed by atoms with van der Waals surface area (Å²) in [4.78, 5) is 30.0. The van der Waals surface area contributed by atoms with Crippen molar-refractivity contribution >= 4 is 27.7 Å². The van der Waals surface area contributed by atoms with Gasteiger partial charge in [-0.1, -0.05) is 0 Å². The van der Waals surface area contributed by atoms with Crippen molar-refractivity contribution in [1.29, 1.82) is 0 Å². The van der Waals surface area contributed by atoms with E-state index in [2.05, 4.69) is 26.2 Å². The zero-order chi connectivity index (χ0) is 13.8. The highest BCUT2D eigenvalue weighted by Crippen LogP contribution is 2.20. The molecule has 6 heteroatoms. The molecule has 0 saturated carbocycles. The predicted octanol–water partition coefficient (Wildman–Crippen LogP) is 1.58. The summed E-state index contributed by atoms with van der Waals surface area (Å²) in [7, 11) is 1.60. The lowest BCUT2D eigenvalue weighted by atomic mass is 10.0. The van der Waals surface area contributed by atoms with E-state index in [-0.39, 0.29) is 17.9 Å². The van der Waals surface area contributed by atoms with E-state index in [1.165, 1.54) is 6.20 Å². The summed E-state index contributed by atoms with van der Waals surface area (Å²) >= 11 is 3.24. The monoisotopic (exact) mass is 325 g/mol. The maximum Gasteiger partial charge on any atom is 0.256 e. The summed E-state index contributed by atoms with van der Waals surface area (Å²) in [6.07, 6.45) is 4.15. The van der Waals surface area contributed by atoms with Crippen molar-refractivity contribution in [2.24, 2.45) is 0 Å². The molecule has 1 atom stereocenters. The van der Waals surface area contributed by atoms with Gasteiger partial charge in [0.25, 0.3) is 5.91 Å². The van der Waals surface area contributed by atoms with Gasteiger partial charge in [0.05, 0.1) is 5.56 Å². The summed E-state index contributed by atoms with van der Waals surface area (Å²) in [5.41, 5.74) is 0.513. The van der Waals surface area contributed by atoms with Crippen molar-refractivity contribution in [2.75, 3.05) is 13.6 Å². The summed E-state index contributed by atoms with van der Waals surface area (Å²) in [5, 5.41) is 2.62. The minimum atomic E-state index is -0.366. The molecule has 0 aliphatic carbocycles. The first-order valence-corrected chi connectivity index (χ1v) is 7.07. The molecule has 0 bridgehead atoms. The first-order valence-electron chi connectivity index (χ1n) is 6.27. The van der Waals surface area contributed by atoms with E-state index in [0.717, 1.165) is 19.3 Å². The summed E-state index contributed by atoms with van der Waals surface area (Å²) in [6.45, 7) is 0.618. The molecule has 102 valence electrons. The second-order valence-electron chi connectivity index (χ2n) is 4.49. The quantitative estimate of drug-likeness (QED) is 0.840. The fourth-order valence-electron chi connectivity index (χ4n) is 2.28. The molecule has 0 aromatic carbocycles. The number of hydrogen-bond acceptors (Lipinski definition) is 3. The number of carbonyl (C=O) groups excluding carboxylic acids is 2. The van der Waals surface area contributed by atoms with Gasteiger partial charge in [0.15, 0.2) is 0 Å². The Hall–Kier alpha value is -1.43. The molecule has 1 aromatic heterocycles. The van der Waals surface area contributed by atoms with Crippen LogP contribution in [0.5, 0.6) is 0 Å². The van der Waals surface area contributed by atoms with Crippen LogP contribution in [0, 0.1) is 0 Å². The van der Waals surface area contributed by atoms with Crippen LogP contribution in [-0.4, -0.2) is 41.3 Å². The van der Waals surface area contributed by atoms with Crippen LogP contribution in [0.3, 0.4) is 0 Å². The second-order valence-corrected chi connectivity index (χ2v) is 5.31. The van der Waals surface area contributed by atoms with E-state index in [9.17, 15) is 9.59 Å². The highest BCUT2D eigenvalue weighted by atomic mass is 79.9. The van der Waals surface area contributed by atoms with Crippen molar-refractivity contribution in [1.82, 2.24) is 15.2 Å². The average molecular weight is 326 g/mol. The molecule has 5 nitrogen and oxygen atoms in total. The first-order chi connectivity index (χ1) is 9.13. The predicted molar refractivity (Wildman–Crippen MR) is 74.7 cm³/mol. The van der Waals surface area contributed by atoms with Crippen molar-refractivity contribution in [2.45, 2.75) is 25.3 Å². The highest BCUT2D eigenvalue weighted by molar-refractivity contribution is 9.10. The Bertz CT molecular complexity index is 475. The third-order valence-corrected chi connectivity index (χ3v) is 3.76. The van der Waals surface area contributed by atoms with Crippen LogP contribution in [-0.2, 0) is 4.79 Å². The number of halogens is 1. The van der Waals surface area contributed by atoms with Crippen LogP contribution < -0.4 is 5.32 Å². The van der Waals surface area contributed by atoms with Crippen LogP contribution >= 0.6 is 15.9 Å². The van der Waals surface area contributed by atoms with Gasteiger partial charge in [-0.25, -0.2) is 4.98 Å². The molecule has 2 rings (SSSR count). The van der Waals surface area contributed by atoms with Gasteiger partial charge in [-0.15, -0.1) is 0 Å². The van der Waals surface area contributed by atoms with Gasteiger partial charge >= 0.3 is 0 Å². The molecule has 2 heterocycles. The van der Waals surface area contributed by atoms with Crippen LogP contribution in [0.2, 0.25) is 0 Å². The molecule has 2 amide bonds. The number of rotatable bonds is 2. The number of nitrogens with one attached hydrogen (secondary N) is 1. The van der Waals surface area contributed by atoms with Gasteiger partial charge in [-0.3, -0.25) is 9.59 Å². The smallest absolute Gasteiger partial charge is 0.256 e. The van der Waals surface area contributed by atoms with Gasteiger partial charge in [0.1, 0.15) is 10.6 Å². The third-order valence-electron chi connectivity index (χ3n) is 3.29. The maximum absolute atomic E-state index is 12.4. The van der Waals surface area contributed by atoms with Crippen LogP contribution in [0.25, 0.3) is 0 Å². The Labute approximate surface area is 120 Å². The maximum atomic E-state index is 12.4. The summed E-state index contributed by atoms with van der Waals surface area (Å²) in [5.74, 6) is -0.230.